The first-order valence-electron chi connectivity index (χ1n) is 3.57. The van der Waals surface area contributed by atoms with E-state index in [1.54, 1.807) is 6.20 Å². The summed E-state index contributed by atoms with van der Waals surface area (Å²) in [5.74, 6) is 0.728. The predicted molar refractivity (Wildman–Crippen MR) is 65.4 cm³/mol. The lowest BCUT2D eigenvalue weighted by Crippen LogP contribution is -2.08. The fraction of sp³-hybridized carbons (Fsp3) is 0.375. The number of rotatable bonds is 2. The van der Waals surface area contributed by atoms with Crippen molar-refractivity contribution in [2.24, 2.45) is 0 Å². The highest BCUT2D eigenvalue weighted by atomic mass is 127. The molecular weight excluding hydrogens is 380 g/mol. The van der Waals surface area contributed by atoms with E-state index >= 15 is 0 Å². The first-order valence-corrected chi connectivity index (χ1v) is 5.73. The van der Waals surface area contributed by atoms with E-state index in [0.29, 0.717) is 0 Å². The van der Waals surface area contributed by atoms with Gasteiger partial charge >= 0.3 is 0 Å². The standard InChI is InChI=1S/C8H9I2NO/c1-5(2)12-8-7(10)3-6(9)4-11-8/h3-5H,1-2H3. The van der Waals surface area contributed by atoms with Gasteiger partial charge in [-0.2, -0.15) is 0 Å². The van der Waals surface area contributed by atoms with Crippen LogP contribution in [-0.4, -0.2) is 11.1 Å². The summed E-state index contributed by atoms with van der Waals surface area (Å²) in [5, 5.41) is 0. The van der Waals surface area contributed by atoms with Crippen LogP contribution in [0, 0.1) is 7.14 Å². The number of aromatic nitrogens is 1. The summed E-state index contributed by atoms with van der Waals surface area (Å²) in [6.45, 7) is 3.99. The van der Waals surface area contributed by atoms with Gasteiger partial charge in [0.25, 0.3) is 0 Å². The molecule has 0 aliphatic heterocycles. The number of pyridine rings is 1. The SMILES string of the molecule is CC(C)Oc1ncc(I)cc1I. The van der Waals surface area contributed by atoms with E-state index in [0.717, 1.165) is 13.0 Å². The van der Waals surface area contributed by atoms with Crippen molar-refractivity contribution < 1.29 is 4.74 Å². The van der Waals surface area contributed by atoms with E-state index in [-0.39, 0.29) is 6.10 Å². The first kappa shape index (κ1) is 10.5. The molecule has 1 heterocycles. The number of hydrogen-bond acceptors (Lipinski definition) is 2. The Morgan fingerprint density at radius 2 is 2.08 bits per heavy atom. The molecule has 0 N–H and O–H groups in total. The van der Waals surface area contributed by atoms with Crippen molar-refractivity contribution in [1.82, 2.24) is 4.98 Å². The molecule has 1 aromatic rings. The Bertz CT molecular complexity index is 276. The fourth-order valence-corrected chi connectivity index (χ4v) is 2.36. The summed E-state index contributed by atoms with van der Waals surface area (Å²) in [6.07, 6.45) is 1.99. The number of nitrogens with zero attached hydrogens (tertiary/aromatic N) is 1. The molecule has 0 aromatic carbocycles. The van der Waals surface area contributed by atoms with Gasteiger partial charge in [-0.15, -0.1) is 0 Å². The van der Waals surface area contributed by atoms with Gasteiger partial charge in [-0.05, 0) is 65.1 Å². The van der Waals surface area contributed by atoms with E-state index in [2.05, 4.69) is 50.2 Å². The molecule has 0 bridgehead atoms. The van der Waals surface area contributed by atoms with Crippen LogP contribution in [-0.2, 0) is 0 Å². The third-order valence-corrected chi connectivity index (χ3v) is 2.48. The van der Waals surface area contributed by atoms with E-state index in [1.807, 2.05) is 19.9 Å². The molecule has 0 aliphatic carbocycles. The lowest BCUT2D eigenvalue weighted by molar-refractivity contribution is 0.230. The van der Waals surface area contributed by atoms with Crippen LogP contribution in [0.25, 0.3) is 0 Å². The molecule has 0 spiro atoms. The van der Waals surface area contributed by atoms with E-state index < -0.39 is 0 Å². The summed E-state index contributed by atoms with van der Waals surface area (Å²) in [6, 6.07) is 2.05. The van der Waals surface area contributed by atoms with Gasteiger partial charge < -0.3 is 4.74 Å². The smallest absolute Gasteiger partial charge is 0.227 e. The van der Waals surface area contributed by atoms with Crippen LogP contribution >= 0.6 is 45.2 Å². The van der Waals surface area contributed by atoms with Crippen LogP contribution in [0.3, 0.4) is 0 Å². The summed E-state index contributed by atoms with van der Waals surface area (Å²) in [5.41, 5.74) is 0. The zero-order valence-corrected chi connectivity index (χ0v) is 11.2. The Hall–Kier alpha value is 0.410. The lowest BCUT2D eigenvalue weighted by Gasteiger charge is -2.09. The summed E-state index contributed by atoms with van der Waals surface area (Å²) >= 11 is 4.46. The van der Waals surface area contributed by atoms with Crippen molar-refractivity contribution in [3.63, 3.8) is 0 Å². The van der Waals surface area contributed by atoms with Crippen LogP contribution in [0.4, 0.5) is 0 Å². The molecule has 1 rings (SSSR count). The summed E-state index contributed by atoms with van der Waals surface area (Å²) < 4.78 is 7.67. The molecule has 0 atom stereocenters. The van der Waals surface area contributed by atoms with Crippen molar-refractivity contribution in [3.8, 4) is 5.88 Å². The molecular formula is C8H9I2NO. The molecule has 0 aliphatic rings. The first-order chi connectivity index (χ1) is 5.59. The topological polar surface area (TPSA) is 22.1 Å². The minimum absolute atomic E-state index is 0.186. The van der Waals surface area contributed by atoms with Crippen molar-refractivity contribution >= 4 is 45.2 Å². The normalized spacial score (nSPS) is 10.4. The molecule has 0 unspecified atom stereocenters. The maximum Gasteiger partial charge on any atom is 0.227 e. The van der Waals surface area contributed by atoms with Crippen LogP contribution in [0.2, 0.25) is 0 Å². The van der Waals surface area contributed by atoms with E-state index in [4.69, 9.17) is 4.74 Å². The van der Waals surface area contributed by atoms with Crippen molar-refractivity contribution in [2.45, 2.75) is 20.0 Å². The summed E-state index contributed by atoms with van der Waals surface area (Å²) in [4.78, 5) is 4.18. The van der Waals surface area contributed by atoms with Gasteiger partial charge in [0.15, 0.2) is 0 Å². The van der Waals surface area contributed by atoms with Gasteiger partial charge in [0.2, 0.25) is 5.88 Å². The molecule has 0 fully saturated rings. The van der Waals surface area contributed by atoms with E-state index in [1.165, 1.54) is 0 Å². The maximum absolute atomic E-state index is 5.48. The molecule has 12 heavy (non-hydrogen) atoms. The summed E-state index contributed by atoms with van der Waals surface area (Å²) in [7, 11) is 0. The highest BCUT2D eigenvalue weighted by Gasteiger charge is 2.04. The minimum Gasteiger partial charge on any atom is -0.474 e. The fourth-order valence-electron chi connectivity index (χ4n) is 0.712. The lowest BCUT2D eigenvalue weighted by atomic mass is 10.4. The second kappa shape index (κ2) is 4.59. The van der Waals surface area contributed by atoms with Crippen molar-refractivity contribution in [1.29, 1.82) is 0 Å². The van der Waals surface area contributed by atoms with Crippen LogP contribution in [0.1, 0.15) is 13.8 Å². The van der Waals surface area contributed by atoms with Gasteiger partial charge in [-0.3, -0.25) is 0 Å². The van der Waals surface area contributed by atoms with Crippen LogP contribution in [0.5, 0.6) is 5.88 Å². The largest absolute Gasteiger partial charge is 0.474 e. The van der Waals surface area contributed by atoms with Crippen molar-refractivity contribution in [2.75, 3.05) is 0 Å². The second-order valence-corrected chi connectivity index (χ2v) is 5.01. The highest BCUT2D eigenvalue weighted by molar-refractivity contribution is 14.1. The van der Waals surface area contributed by atoms with Crippen molar-refractivity contribution in [3.05, 3.63) is 19.4 Å². The minimum atomic E-state index is 0.186. The van der Waals surface area contributed by atoms with Crippen LogP contribution in [0.15, 0.2) is 12.3 Å². The maximum atomic E-state index is 5.48. The third kappa shape index (κ3) is 3.04. The zero-order valence-electron chi connectivity index (χ0n) is 6.84. The number of halogens is 2. The van der Waals surface area contributed by atoms with Gasteiger partial charge in [0.1, 0.15) is 0 Å². The molecule has 66 valence electrons. The average molecular weight is 389 g/mol. The molecule has 2 nitrogen and oxygen atoms in total. The van der Waals surface area contributed by atoms with E-state index in [9.17, 15) is 0 Å². The monoisotopic (exact) mass is 389 g/mol. The molecule has 1 aromatic heterocycles. The van der Waals surface area contributed by atoms with Gasteiger partial charge in [0, 0.05) is 9.77 Å². The predicted octanol–water partition coefficient (Wildman–Crippen LogP) is 3.08. The molecule has 0 amide bonds. The Morgan fingerprint density at radius 3 is 2.58 bits per heavy atom. The molecule has 0 saturated carbocycles. The Balaban J connectivity index is 2.86. The third-order valence-electron chi connectivity index (χ3n) is 1.12. The zero-order chi connectivity index (χ0) is 9.14. The van der Waals surface area contributed by atoms with Gasteiger partial charge in [-0.1, -0.05) is 0 Å². The van der Waals surface area contributed by atoms with Crippen LogP contribution < -0.4 is 4.74 Å². The molecule has 0 radical (unpaired) electrons. The molecule has 0 saturated heterocycles. The molecule has 4 heteroatoms. The average Bonchev–Trinajstić information content (AvgIpc) is 1.94. The number of hydrogen-bond donors (Lipinski definition) is 0. The Kier molecular flexibility index (Phi) is 4.01. The second-order valence-electron chi connectivity index (χ2n) is 2.61. The quantitative estimate of drug-likeness (QED) is 0.726. The van der Waals surface area contributed by atoms with Gasteiger partial charge in [-0.25, -0.2) is 4.98 Å². The Labute approximate surface area is 99.4 Å². The highest BCUT2D eigenvalue weighted by Crippen LogP contribution is 2.20. The Morgan fingerprint density at radius 1 is 1.42 bits per heavy atom. The van der Waals surface area contributed by atoms with Gasteiger partial charge in [0.05, 0.1) is 9.67 Å². The number of ether oxygens (including phenoxy) is 1.